The van der Waals surface area contributed by atoms with Gasteiger partial charge in [0.2, 0.25) is 11.8 Å². The Morgan fingerprint density at radius 2 is 1.70 bits per heavy atom. The van der Waals surface area contributed by atoms with Crippen molar-refractivity contribution in [1.29, 1.82) is 0 Å². The molecular weight excluding hydrogens is 446 g/mol. The molecule has 4 atom stereocenters. The van der Waals surface area contributed by atoms with E-state index in [1.807, 2.05) is 24.3 Å². The third-order valence-electron chi connectivity index (χ3n) is 6.53. The molecule has 2 aromatic rings. The number of hydrogen-bond donors (Lipinski definition) is 0. The monoisotopic (exact) mass is 465 g/mol. The maximum atomic E-state index is 13.0. The highest BCUT2D eigenvalue weighted by molar-refractivity contribution is 9.10. The van der Waals surface area contributed by atoms with Gasteiger partial charge < -0.3 is 4.74 Å². The highest BCUT2D eigenvalue weighted by atomic mass is 79.9. The number of benzene rings is 2. The van der Waals surface area contributed by atoms with Gasteiger partial charge in [-0.1, -0.05) is 39.7 Å². The van der Waals surface area contributed by atoms with Crippen LogP contribution in [-0.4, -0.2) is 17.8 Å². The summed E-state index contributed by atoms with van der Waals surface area (Å²) in [5, 5.41) is 0. The third kappa shape index (κ3) is 3.01. The van der Waals surface area contributed by atoms with E-state index in [1.54, 1.807) is 24.3 Å². The van der Waals surface area contributed by atoms with Gasteiger partial charge >= 0.3 is 5.97 Å². The van der Waals surface area contributed by atoms with E-state index in [1.165, 1.54) is 10.5 Å². The first-order valence-electron chi connectivity index (χ1n) is 10.0. The van der Waals surface area contributed by atoms with Gasteiger partial charge in [-0.15, -0.1) is 0 Å². The van der Waals surface area contributed by atoms with Crippen LogP contribution in [-0.2, 0) is 20.9 Å². The van der Waals surface area contributed by atoms with Crippen LogP contribution in [0.3, 0.4) is 0 Å². The maximum Gasteiger partial charge on any atom is 0.338 e. The van der Waals surface area contributed by atoms with Crippen molar-refractivity contribution >= 4 is 39.4 Å². The molecule has 3 aliphatic rings. The summed E-state index contributed by atoms with van der Waals surface area (Å²) in [7, 11) is 0. The highest BCUT2D eigenvalue weighted by Crippen LogP contribution is 2.55. The van der Waals surface area contributed by atoms with Crippen LogP contribution < -0.4 is 4.90 Å². The molecule has 2 aromatic carbocycles. The minimum atomic E-state index is -0.446. The Balaban J connectivity index is 1.28. The SMILES string of the molecule is CC1=C[C@H]2C[C@H]1[C@@H]1C(=O)N(c3ccc(C(=O)OCc4ccc(Br)cc4)cc3)C(=O)[C@H]12. The number of imide groups is 1. The van der Waals surface area contributed by atoms with Crippen LogP contribution in [0.2, 0.25) is 0 Å². The molecule has 2 bridgehead atoms. The number of nitrogens with zero attached hydrogens (tertiary/aromatic N) is 1. The number of carbonyl (C=O) groups excluding carboxylic acids is 3. The molecule has 0 unspecified atom stereocenters. The first-order valence-corrected chi connectivity index (χ1v) is 10.8. The molecule has 30 heavy (non-hydrogen) atoms. The van der Waals surface area contributed by atoms with Gasteiger partial charge in [0.15, 0.2) is 0 Å². The Kier molecular flexibility index (Phi) is 4.62. The standard InChI is InChI=1S/C24H20BrNO4/c1-13-10-16-11-19(13)21-20(16)22(27)26(23(21)28)18-8-4-15(5-9-18)24(29)30-12-14-2-6-17(25)7-3-14/h2-10,16,19-21H,11-12H2,1H3/t16-,19+,20-,21-/m0/s1. The normalized spacial score (nSPS) is 26.7. The van der Waals surface area contributed by atoms with Crippen molar-refractivity contribution in [2.24, 2.45) is 23.7 Å². The fourth-order valence-electron chi connectivity index (χ4n) is 5.09. The fraction of sp³-hybridized carbons (Fsp3) is 0.292. The number of ether oxygens (including phenoxy) is 1. The molecule has 1 saturated heterocycles. The van der Waals surface area contributed by atoms with Crippen LogP contribution in [0.4, 0.5) is 5.69 Å². The van der Waals surface area contributed by atoms with E-state index >= 15 is 0 Å². The zero-order valence-electron chi connectivity index (χ0n) is 16.4. The highest BCUT2D eigenvalue weighted by Gasteiger charge is 2.60. The fourth-order valence-corrected chi connectivity index (χ4v) is 5.35. The molecule has 0 N–H and O–H groups in total. The average molecular weight is 466 g/mol. The maximum absolute atomic E-state index is 13.0. The lowest BCUT2D eigenvalue weighted by Crippen LogP contribution is -2.32. The predicted molar refractivity (Wildman–Crippen MR) is 115 cm³/mol. The average Bonchev–Trinajstić information content (AvgIpc) is 3.38. The summed E-state index contributed by atoms with van der Waals surface area (Å²) in [6.45, 7) is 2.23. The molecule has 1 saturated carbocycles. The second-order valence-electron chi connectivity index (χ2n) is 8.23. The quantitative estimate of drug-likeness (QED) is 0.378. The number of allylic oxidation sites excluding steroid dienone is 2. The van der Waals surface area contributed by atoms with Crippen molar-refractivity contribution in [3.05, 3.63) is 75.8 Å². The first-order chi connectivity index (χ1) is 14.4. The number of esters is 1. The number of fused-ring (bicyclic) bond motifs is 5. The molecule has 1 heterocycles. The van der Waals surface area contributed by atoms with Gasteiger partial charge in [0.1, 0.15) is 6.61 Å². The minimum Gasteiger partial charge on any atom is -0.457 e. The summed E-state index contributed by atoms with van der Waals surface area (Å²) < 4.78 is 6.32. The number of anilines is 1. The Bertz CT molecular complexity index is 1070. The smallest absolute Gasteiger partial charge is 0.338 e. The summed E-state index contributed by atoms with van der Waals surface area (Å²) in [6, 6.07) is 14.0. The zero-order chi connectivity index (χ0) is 21.0. The number of halogens is 1. The molecule has 0 radical (unpaired) electrons. The second-order valence-corrected chi connectivity index (χ2v) is 9.15. The van der Waals surface area contributed by atoms with Gasteiger partial charge in [-0.3, -0.25) is 14.5 Å². The van der Waals surface area contributed by atoms with E-state index < -0.39 is 5.97 Å². The summed E-state index contributed by atoms with van der Waals surface area (Å²) in [4.78, 5) is 39.6. The lowest BCUT2D eigenvalue weighted by Gasteiger charge is -2.19. The van der Waals surface area contributed by atoms with Gasteiger partial charge in [-0.25, -0.2) is 4.79 Å². The van der Waals surface area contributed by atoms with Gasteiger partial charge in [0.25, 0.3) is 0 Å². The van der Waals surface area contributed by atoms with Gasteiger partial charge in [0.05, 0.1) is 23.1 Å². The zero-order valence-corrected chi connectivity index (χ0v) is 18.0. The molecule has 2 aliphatic carbocycles. The van der Waals surface area contributed by atoms with Crippen molar-refractivity contribution in [3.8, 4) is 0 Å². The van der Waals surface area contributed by atoms with Crippen LogP contribution in [0.5, 0.6) is 0 Å². The molecule has 0 spiro atoms. The van der Waals surface area contributed by atoms with Crippen LogP contribution in [0.15, 0.2) is 64.7 Å². The Hall–Kier alpha value is -2.73. The van der Waals surface area contributed by atoms with Gasteiger partial charge in [-0.05, 0) is 67.1 Å². The van der Waals surface area contributed by atoms with Crippen molar-refractivity contribution in [3.63, 3.8) is 0 Å². The Morgan fingerprint density at radius 1 is 1.03 bits per heavy atom. The van der Waals surface area contributed by atoms with Crippen molar-refractivity contribution in [1.82, 2.24) is 0 Å². The van der Waals surface area contributed by atoms with Crippen LogP contribution >= 0.6 is 15.9 Å². The molecule has 2 fully saturated rings. The number of rotatable bonds is 4. The molecule has 152 valence electrons. The largest absolute Gasteiger partial charge is 0.457 e. The van der Waals surface area contributed by atoms with Crippen molar-refractivity contribution in [2.45, 2.75) is 20.0 Å². The summed E-state index contributed by atoms with van der Waals surface area (Å²) in [6.07, 6.45) is 3.07. The lowest BCUT2D eigenvalue weighted by molar-refractivity contribution is -0.123. The molecule has 1 aliphatic heterocycles. The van der Waals surface area contributed by atoms with Gasteiger partial charge in [-0.2, -0.15) is 0 Å². The number of hydrogen-bond acceptors (Lipinski definition) is 4. The van der Waals surface area contributed by atoms with Crippen molar-refractivity contribution in [2.75, 3.05) is 4.90 Å². The Morgan fingerprint density at radius 3 is 2.40 bits per heavy atom. The molecule has 5 nitrogen and oxygen atoms in total. The first kappa shape index (κ1) is 19.2. The van der Waals surface area contributed by atoms with E-state index in [9.17, 15) is 14.4 Å². The third-order valence-corrected chi connectivity index (χ3v) is 7.05. The van der Waals surface area contributed by atoms with Crippen molar-refractivity contribution < 1.29 is 19.1 Å². The van der Waals surface area contributed by atoms with Crippen LogP contribution in [0, 0.1) is 23.7 Å². The van der Waals surface area contributed by atoms with E-state index in [0.29, 0.717) is 11.3 Å². The van der Waals surface area contributed by atoms with Crippen LogP contribution in [0.25, 0.3) is 0 Å². The molecule has 6 heteroatoms. The van der Waals surface area contributed by atoms with E-state index in [4.69, 9.17) is 4.74 Å². The predicted octanol–water partition coefficient (Wildman–Crippen LogP) is 4.51. The summed E-state index contributed by atoms with van der Waals surface area (Å²) >= 11 is 3.37. The number of amides is 2. The van der Waals surface area contributed by atoms with E-state index in [0.717, 1.165) is 16.5 Å². The van der Waals surface area contributed by atoms with Crippen LogP contribution in [0.1, 0.15) is 29.3 Å². The topological polar surface area (TPSA) is 63.7 Å². The molecular formula is C24H20BrNO4. The Labute approximate surface area is 182 Å². The summed E-state index contributed by atoms with van der Waals surface area (Å²) in [5.74, 6) is -0.783. The number of carbonyl (C=O) groups is 3. The lowest BCUT2D eigenvalue weighted by atomic mass is 9.82. The summed E-state index contributed by atoms with van der Waals surface area (Å²) in [5.41, 5.74) is 3.02. The molecule has 0 aromatic heterocycles. The minimum absolute atomic E-state index is 0.115. The second kappa shape index (κ2) is 7.20. The van der Waals surface area contributed by atoms with E-state index in [2.05, 4.69) is 28.9 Å². The van der Waals surface area contributed by atoms with Gasteiger partial charge in [0, 0.05) is 4.47 Å². The van der Waals surface area contributed by atoms with E-state index in [-0.39, 0.29) is 42.1 Å². The molecule has 2 amide bonds. The molecule has 5 rings (SSSR count).